The molecule has 79 valence electrons. The van der Waals surface area contributed by atoms with E-state index in [1.165, 1.54) is 12.2 Å². The minimum Gasteiger partial charge on any atom is -0.459 e. The van der Waals surface area contributed by atoms with E-state index in [2.05, 4.69) is 7.05 Å². The summed E-state index contributed by atoms with van der Waals surface area (Å²) in [6.45, 7) is 1.79. The van der Waals surface area contributed by atoms with Crippen molar-refractivity contribution >= 4 is 5.91 Å². The van der Waals surface area contributed by atoms with Crippen molar-refractivity contribution in [1.82, 2.24) is 9.96 Å². The minimum atomic E-state index is 0. The van der Waals surface area contributed by atoms with E-state index in [9.17, 15) is 4.79 Å². The van der Waals surface area contributed by atoms with E-state index in [0.717, 1.165) is 25.9 Å². The van der Waals surface area contributed by atoms with Gasteiger partial charge in [0.2, 0.25) is 5.91 Å². The molecule has 1 radical (unpaired) electrons. The summed E-state index contributed by atoms with van der Waals surface area (Å²) in [6.07, 6.45) is 1.77. The molecule has 1 fully saturated rings. The summed E-state index contributed by atoms with van der Waals surface area (Å²) in [7, 11) is 6.99. The predicted octanol–water partition coefficient (Wildman–Crippen LogP) is 0.507. The van der Waals surface area contributed by atoms with Crippen LogP contribution in [0.15, 0.2) is 0 Å². The molecule has 1 aliphatic rings. The third-order valence-corrected chi connectivity index (χ3v) is 2.52. The van der Waals surface area contributed by atoms with Gasteiger partial charge in [-0.3, -0.25) is 16.7 Å². The Hall–Kier alpha value is 0.494. The molecule has 1 rings (SSSR count). The molecule has 0 atom stereocenters. The Morgan fingerprint density at radius 1 is 1.50 bits per heavy atom. The predicted molar refractivity (Wildman–Crippen MR) is 49.4 cm³/mol. The van der Waals surface area contributed by atoms with Crippen LogP contribution in [0.25, 0.3) is 0 Å². The van der Waals surface area contributed by atoms with Crippen molar-refractivity contribution in [2.75, 3.05) is 27.2 Å². The number of piperidine rings is 1. The molecule has 0 spiro atoms. The van der Waals surface area contributed by atoms with Gasteiger partial charge < -0.3 is 4.90 Å². The summed E-state index contributed by atoms with van der Waals surface area (Å²) in [5.74, 6) is 0.193. The van der Waals surface area contributed by atoms with Crippen LogP contribution >= 0.6 is 0 Å². The molecule has 5 heteroatoms. The summed E-state index contributed by atoms with van der Waals surface area (Å²) in [5.41, 5.74) is 0. The summed E-state index contributed by atoms with van der Waals surface area (Å²) in [6, 6.07) is 0. The smallest absolute Gasteiger partial charge is 0.249 e. The Morgan fingerprint density at radius 3 is 2.43 bits per heavy atom. The van der Waals surface area contributed by atoms with Gasteiger partial charge in [-0.2, -0.15) is 0 Å². The topological polar surface area (TPSA) is 32.8 Å². The zero-order valence-corrected chi connectivity index (χ0v) is 11.7. The van der Waals surface area contributed by atoms with Crippen molar-refractivity contribution in [2.24, 2.45) is 5.92 Å². The molecule has 1 saturated heterocycles. The van der Waals surface area contributed by atoms with Gasteiger partial charge in [0, 0.05) is 45.7 Å². The molecule has 0 aromatic heterocycles. The average Bonchev–Trinajstić information content (AvgIpc) is 2.17. The monoisotopic (exact) mass is 274 g/mol. The molecule has 0 saturated carbocycles. The summed E-state index contributed by atoms with van der Waals surface area (Å²) in [4.78, 5) is 18.4. The normalized spacial score (nSPS) is 18.8. The molecule has 0 aromatic rings. The van der Waals surface area contributed by atoms with E-state index in [1.54, 1.807) is 7.05 Å². The molecule has 0 bridgehead atoms. The van der Waals surface area contributed by atoms with Crippen molar-refractivity contribution in [3.8, 4) is 0 Å². The SMILES string of the molecule is [CH2-]N1CCC(C(=O)N(C)OC)CC1.[Y]. The maximum Gasteiger partial charge on any atom is 0.249 e. The first kappa shape index (κ1) is 14.5. The number of nitrogens with zero attached hydrogens (tertiary/aromatic N) is 2. The fourth-order valence-corrected chi connectivity index (χ4v) is 1.53. The van der Waals surface area contributed by atoms with Crippen LogP contribution in [-0.4, -0.2) is 43.1 Å². The molecule has 14 heavy (non-hydrogen) atoms. The number of rotatable bonds is 2. The number of hydroxylamine groups is 2. The maximum atomic E-state index is 11.6. The molecule has 0 N–H and O–H groups in total. The van der Waals surface area contributed by atoms with Crippen molar-refractivity contribution in [3.63, 3.8) is 0 Å². The van der Waals surface area contributed by atoms with Gasteiger partial charge in [-0.1, -0.05) is 0 Å². The van der Waals surface area contributed by atoms with Gasteiger partial charge in [0.25, 0.3) is 0 Å². The molecule has 1 heterocycles. The molecular weight excluding hydrogens is 257 g/mol. The van der Waals surface area contributed by atoms with Crippen molar-refractivity contribution in [2.45, 2.75) is 12.8 Å². The van der Waals surface area contributed by atoms with Gasteiger partial charge in [-0.25, -0.2) is 5.06 Å². The van der Waals surface area contributed by atoms with Crippen LogP contribution in [0.4, 0.5) is 0 Å². The number of hydrogen-bond acceptors (Lipinski definition) is 3. The zero-order chi connectivity index (χ0) is 9.84. The van der Waals surface area contributed by atoms with E-state index >= 15 is 0 Å². The summed E-state index contributed by atoms with van der Waals surface area (Å²) < 4.78 is 0. The largest absolute Gasteiger partial charge is 0.459 e. The van der Waals surface area contributed by atoms with Crippen LogP contribution in [0.2, 0.25) is 0 Å². The quantitative estimate of drug-likeness (QED) is 0.543. The van der Waals surface area contributed by atoms with Crippen LogP contribution in [0, 0.1) is 13.0 Å². The van der Waals surface area contributed by atoms with Crippen molar-refractivity contribution in [3.05, 3.63) is 7.05 Å². The Morgan fingerprint density at radius 2 is 2.00 bits per heavy atom. The molecule has 1 amide bonds. The van der Waals surface area contributed by atoms with Gasteiger partial charge in [-0.15, -0.1) is 0 Å². The van der Waals surface area contributed by atoms with Crippen molar-refractivity contribution in [1.29, 1.82) is 0 Å². The van der Waals surface area contributed by atoms with E-state index in [0.29, 0.717) is 0 Å². The van der Waals surface area contributed by atoms with E-state index in [1.807, 2.05) is 4.90 Å². The maximum absolute atomic E-state index is 11.6. The molecule has 1 aliphatic heterocycles. The van der Waals surface area contributed by atoms with Gasteiger partial charge in [-0.05, 0) is 25.9 Å². The Balaban J connectivity index is 0.00000169. The van der Waals surface area contributed by atoms with Gasteiger partial charge in [0.05, 0.1) is 7.11 Å². The number of hydrogen-bond donors (Lipinski definition) is 0. The second-order valence-corrected chi connectivity index (χ2v) is 3.41. The number of carbonyl (C=O) groups is 1. The number of likely N-dealkylation sites (tertiary alicyclic amines) is 1. The number of carbonyl (C=O) groups excluding carboxylic acids is 1. The molecule has 0 aliphatic carbocycles. The van der Waals surface area contributed by atoms with Crippen LogP contribution in [-0.2, 0) is 42.3 Å². The molecule has 0 aromatic carbocycles. The molecule has 0 unspecified atom stereocenters. The zero-order valence-electron chi connectivity index (χ0n) is 8.90. The molecule has 4 nitrogen and oxygen atoms in total. The van der Waals surface area contributed by atoms with Gasteiger partial charge in [0.15, 0.2) is 0 Å². The van der Waals surface area contributed by atoms with Gasteiger partial charge in [0.1, 0.15) is 0 Å². The third kappa shape index (κ3) is 3.93. The Labute approximate surface area is 111 Å². The third-order valence-electron chi connectivity index (χ3n) is 2.52. The first-order chi connectivity index (χ1) is 6.15. The van der Waals surface area contributed by atoms with Crippen LogP contribution < -0.4 is 0 Å². The fourth-order valence-electron chi connectivity index (χ4n) is 1.53. The second kappa shape index (κ2) is 6.88. The van der Waals surface area contributed by atoms with E-state index < -0.39 is 0 Å². The van der Waals surface area contributed by atoms with Crippen molar-refractivity contribution < 1.29 is 42.3 Å². The summed E-state index contributed by atoms with van der Waals surface area (Å²) in [5, 5.41) is 1.31. The van der Waals surface area contributed by atoms with Crippen LogP contribution in [0.3, 0.4) is 0 Å². The Kier molecular flexibility index (Phi) is 7.13. The van der Waals surface area contributed by atoms with Crippen LogP contribution in [0.5, 0.6) is 0 Å². The van der Waals surface area contributed by atoms with Gasteiger partial charge >= 0.3 is 0 Å². The first-order valence-electron chi connectivity index (χ1n) is 4.52. The first-order valence-corrected chi connectivity index (χ1v) is 4.52. The van der Waals surface area contributed by atoms with E-state index in [4.69, 9.17) is 4.84 Å². The second-order valence-electron chi connectivity index (χ2n) is 3.41. The molecular formula is C9H17N2O2Y-. The van der Waals surface area contributed by atoms with E-state index in [-0.39, 0.29) is 44.5 Å². The Bertz CT molecular complexity index is 182. The fraction of sp³-hybridized carbons (Fsp3) is 0.778. The summed E-state index contributed by atoms with van der Waals surface area (Å²) >= 11 is 0. The standard InChI is InChI=1S/C9H17N2O2.Y/c1-10-6-4-8(5-7-10)9(12)11(2)13-3;/h8H,1,4-7H2,2-3H3;/q-1;. The minimum absolute atomic E-state index is 0. The average molecular weight is 274 g/mol. The van der Waals surface area contributed by atoms with Crippen LogP contribution in [0.1, 0.15) is 12.8 Å². The number of amides is 1.